The zero-order chi connectivity index (χ0) is 18.9. The molecule has 3 rings (SSSR count). The number of benzene rings is 1. The van der Waals surface area contributed by atoms with Gasteiger partial charge < -0.3 is 10.2 Å². The van der Waals surface area contributed by atoms with Gasteiger partial charge in [-0.2, -0.15) is 0 Å². The largest absolute Gasteiger partial charge is 0.352 e. The SMILES string of the molecule is CCCCCCNC(=O)c1cccc(-c2cnc(N3CCCCC3)nc2)c1. The predicted octanol–water partition coefficient (Wildman–Crippen LogP) is 4.44. The van der Waals surface area contributed by atoms with Crippen LogP contribution in [0.15, 0.2) is 36.7 Å². The molecule has 1 aromatic heterocycles. The Balaban J connectivity index is 1.61. The Bertz CT molecular complexity index is 723. The number of nitrogens with one attached hydrogen (secondary N) is 1. The lowest BCUT2D eigenvalue weighted by Gasteiger charge is -2.26. The summed E-state index contributed by atoms with van der Waals surface area (Å²) in [6, 6.07) is 7.69. The third-order valence-corrected chi connectivity index (χ3v) is 5.05. The summed E-state index contributed by atoms with van der Waals surface area (Å²) in [5.41, 5.74) is 2.59. The lowest BCUT2D eigenvalue weighted by Crippen LogP contribution is -2.30. The number of piperidine rings is 1. The van der Waals surface area contributed by atoms with E-state index in [4.69, 9.17) is 0 Å². The molecule has 1 aromatic carbocycles. The second kappa shape index (κ2) is 10.0. The number of carbonyl (C=O) groups excluding carboxylic acids is 1. The molecule has 1 amide bonds. The fourth-order valence-corrected chi connectivity index (χ4v) is 3.42. The summed E-state index contributed by atoms with van der Waals surface area (Å²) >= 11 is 0. The van der Waals surface area contributed by atoms with Crippen molar-refractivity contribution >= 4 is 11.9 Å². The summed E-state index contributed by atoms with van der Waals surface area (Å²) in [6.07, 6.45) is 12.1. The van der Waals surface area contributed by atoms with Gasteiger partial charge in [-0.3, -0.25) is 4.79 Å². The van der Waals surface area contributed by atoms with Crippen LogP contribution in [0.5, 0.6) is 0 Å². The van der Waals surface area contributed by atoms with Crippen LogP contribution >= 0.6 is 0 Å². The monoisotopic (exact) mass is 366 g/mol. The van der Waals surface area contributed by atoms with Gasteiger partial charge in [0.15, 0.2) is 0 Å². The van der Waals surface area contributed by atoms with Crippen LogP contribution in [0.2, 0.25) is 0 Å². The zero-order valence-electron chi connectivity index (χ0n) is 16.3. The molecular formula is C22H30N4O. The fraction of sp³-hybridized carbons (Fsp3) is 0.500. The first kappa shape index (κ1) is 19.3. The maximum atomic E-state index is 12.4. The predicted molar refractivity (Wildman–Crippen MR) is 110 cm³/mol. The quantitative estimate of drug-likeness (QED) is 0.702. The minimum atomic E-state index is -0.0146. The lowest BCUT2D eigenvalue weighted by molar-refractivity contribution is 0.0953. The van der Waals surface area contributed by atoms with E-state index in [9.17, 15) is 4.79 Å². The number of nitrogens with zero attached hydrogens (tertiary/aromatic N) is 3. The molecule has 1 N–H and O–H groups in total. The van der Waals surface area contributed by atoms with Crippen molar-refractivity contribution in [2.24, 2.45) is 0 Å². The highest BCUT2D eigenvalue weighted by Gasteiger charge is 2.13. The summed E-state index contributed by atoms with van der Waals surface area (Å²) in [4.78, 5) is 23.7. The molecule has 2 aromatic rings. The van der Waals surface area contributed by atoms with E-state index in [1.54, 1.807) is 0 Å². The van der Waals surface area contributed by atoms with Crippen molar-refractivity contribution in [1.82, 2.24) is 15.3 Å². The van der Waals surface area contributed by atoms with Gasteiger partial charge in [0.25, 0.3) is 5.91 Å². The zero-order valence-corrected chi connectivity index (χ0v) is 16.3. The smallest absolute Gasteiger partial charge is 0.251 e. The first-order valence-electron chi connectivity index (χ1n) is 10.2. The van der Waals surface area contributed by atoms with E-state index in [1.165, 1.54) is 32.1 Å². The Hall–Kier alpha value is -2.43. The number of anilines is 1. The molecule has 1 aliphatic heterocycles. The van der Waals surface area contributed by atoms with E-state index in [-0.39, 0.29) is 5.91 Å². The molecule has 144 valence electrons. The van der Waals surface area contributed by atoms with Crippen molar-refractivity contribution in [3.05, 3.63) is 42.2 Å². The number of hydrogen-bond acceptors (Lipinski definition) is 4. The molecule has 0 unspecified atom stereocenters. The molecule has 5 nitrogen and oxygen atoms in total. The fourth-order valence-electron chi connectivity index (χ4n) is 3.42. The Kier molecular flexibility index (Phi) is 7.19. The van der Waals surface area contributed by atoms with Gasteiger partial charge in [-0.25, -0.2) is 9.97 Å². The van der Waals surface area contributed by atoms with Gasteiger partial charge in [0.05, 0.1) is 0 Å². The van der Waals surface area contributed by atoms with Crippen molar-refractivity contribution in [3.8, 4) is 11.1 Å². The number of unbranched alkanes of at least 4 members (excludes halogenated alkanes) is 3. The van der Waals surface area contributed by atoms with E-state index in [0.717, 1.165) is 49.6 Å². The van der Waals surface area contributed by atoms with E-state index >= 15 is 0 Å². The molecule has 1 aliphatic rings. The molecule has 0 bridgehead atoms. The van der Waals surface area contributed by atoms with Crippen LogP contribution in [-0.2, 0) is 0 Å². The Morgan fingerprint density at radius 1 is 1.04 bits per heavy atom. The number of amides is 1. The van der Waals surface area contributed by atoms with Gasteiger partial charge in [-0.05, 0) is 43.4 Å². The normalized spacial score (nSPS) is 14.2. The number of rotatable bonds is 8. The van der Waals surface area contributed by atoms with Crippen molar-refractivity contribution in [2.75, 3.05) is 24.5 Å². The molecule has 0 aliphatic carbocycles. The Labute approximate surface area is 162 Å². The maximum Gasteiger partial charge on any atom is 0.251 e. The highest BCUT2D eigenvalue weighted by Crippen LogP contribution is 2.21. The van der Waals surface area contributed by atoms with E-state index in [2.05, 4.69) is 27.1 Å². The minimum Gasteiger partial charge on any atom is -0.352 e. The Morgan fingerprint density at radius 2 is 1.81 bits per heavy atom. The van der Waals surface area contributed by atoms with Crippen molar-refractivity contribution in [1.29, 1.82) is 0 Å². The van der Waals surface area contributed by atoms with Gasteiger partial charge in [0.1, 0.15) is 0 Å². The average Bonchev–Trinajstić information content (AvgIpc) is 2.74. The summed E-state index contributed by atoms with van der Waals surface area (Å²) in [5.74, 6) is 0.790. The highest BCUT2D eigenvalue weighted by molar-refractivity contribution is 5.95. The van der Waals surface area contributed by atoms with Crippen LogP contribution in [0.1, 0.15) is 62.2 Å². The molecule has 1 fully saturated rings. The van der Waals surface area contributed by atoms with Crippen LogP contribution in [0.4, 0.5) is 5.95 Å². The first-order chi connectivity index (χ1) is 13.3. The van der Waals surface area contributed by atoms with Gasteiger partial charge in [-0.15, -0.1) is 0 Å². The van der Waals surface area contributed by atoms with Gasteiger partial charge in [0, 0.05) is 43.2 Å². The molecule has 27 heavy (non-hydrogen) atoms. The van der Waals surface area contributed by atoms with Gasteiger partial charge >= 0.3 is 0 Å². The van der Waals surface area contributed by atoms with E-state index in [0.29, 0.717) is 5.56 Å². The van der Waals surface area contributed by atoms with Crippen LogP contribution in [0.3, 0.4) is 0 Å². The molecule has 5 heteroatoms. The third-order valence-electron chi connectivity index (χ3n) is 5.05. The number of hydrogen-bond donors (Lipinski definition) is 1. The second-order valence-corrected chi connectivity index (χ2v) is 7.22. The Morgan fingerprint density at radius 3 is 2.56 bits per heavy atom. The average molecular weight is 367 g/mol. The van der Waals surface area contributed by atoms with Crippen molar-refractivity contribution in [2.45, 2.75) is 51.9 Å². The molecule has 0 atom stereocenters. The maximum absolute atomic E-state index is 12.4. The van der Waals surface area contributed by atoms with E-state index < -0.39 is 0 Å². The van der Waals surface area contributed by atoms with Crippen molar-refractivity contribution < 1.29 is 4.79 Å². The second-order valence-electron chi connectivity index (χ2n) is 7.22. The molecule has 0 radical (unpaired) electrons. The van der Waals surface area contributed by atoms with Gasteiger partial charge in [-0.1, -0.05) is 38.3 Å². The minimum absolute atomic E-state index is 0.0146. The van der Waals surface area contributed by atoms with E-state index in [1.807, 2.05) is 36.7 Å². The van der Waals surface area contributed by atoms with Crippen LogP contribution < -0.4 is 10.2 Å². The van der Waals surface area contributed by atoms with Crippen LogP contribution in [0, 0.1) is 0 Å². The molecule has 2 heterocycles. The van der Waals surface area contributed by atoms with Crippen molar-refractivity contribution in [3.63, 3.8) is 0 Å². The summed E-state index contributed by atoms with van der Waals surface area (Å²) in [7, 11) is 0. The number of carbonyl (C=O) groups is 1. The molecule has 0 spiro atoms. The molecule has 0 saturated carbocycles. The van der Waals surface area contributed by atoms with Crippen LogP contribution in [-0.4, -0.2) is 35.5 Å². The molecule has 1 saturated heterocycles. The molecular weight excluding hydrogens is 336 g/mol. The van der Waals surface area contributed by atoms with Crippen LogP contribution in [0.25, 0.3) is 11.1 Å². The van der Waals surface area contributed by atoms with Gasteiger partial charge in [0.2, 0.25) is 5.95 Å². The first-order valence-corrected chi connectivity index (χ1v) is 10.2. The topological polar surface area (TPSA) is 58.1 Å². The summed E-state index contributed by atoms with van der Waals surface area (Å²) in [6.45, 7) is 4.99. The third kappa shape index (κ3) is 5.52. The summed E-state index contributed by atoms with van der Waals surface area (Å²) in [5, 5.41) is 3.01. The lowest BCUT2D eigenvalue weighted by atomic mass is 10.1. The number of aromatic nitrogens is 2. The summed E-state index contributed by atoms with van der Waals surface area (Å²) < 4.78 is 0. The standard InChI is InChI=1S/C22H30N4O/c1-2-3-4-6-12-23-21(27)19-11-9-10-18(15-19)20-16-24-22(25-17-20)26-13-7-5-8-14-26/h9-11,15-17H,2-8,12-14H2,1H3,(H,23,27). The highest BCUT2D eigenvalue weighted by atomic mass is 16.1.